The number of nitrogens with zero attached hydrogens (tertiary/aromatic N) is 1. The Kier molecular flexibility index (Phi) is 5.44. The zero-order valence-electron chi connectivity index (χ0n) is 12.9. The number of rotatable bonds is 5. The number of anilines is 2. The lowest BCUT2D eigenvalue weighted by Crippen LogP contribution is -2.43. The number of nitrogens with one attached hydrogen (secondary N) is 1. The summed E-state index contributed by atoms with van der Waals surface area (Å²) in [5.41, 5.74) is 7.00. The Morgan fingerprint density at radius 1 is 1.48 bits per heavy atom. The van der Waals surface area contributed by atoms with Crippen LogP contribution in [0, 0.1) is 0 Å². The molecule has 0 saturated carbocycles. The Morgan fingerprint density at radius 2 is 2.29 bits per heavy atom. The Morgan fingerprint density at radius 3 is 3.00 bits per heavy atom. The van der Waals surface area contributed by atoms with E-state index < -0.39 is 0 Å². The predicted octanol–water partition coefficient (Wildman–Crippen LogP) is 2.48. The van der Waals surface area contributed by atoms with Gasteiger partial charge in [0.1, 0.15) is 5.75 Å². The van der Waals surface area contributed by atoms with E-state index >= 15 is 0 Å². The molecule has 1 aliphatic rings. The summed E-state index contributed by atoms with van der Waals surface area (Å²) in [6.45, 7) is 3.63. The standard InChI is InChI=1S/C16H25N3O2/c1-3-13-6-4-5-9-19(13)11-16(20)18-14-8-7-12(17)10-15(14)21-2/h7-8,10,13H,3-6,9,11,17H2,1-2H3,(H,18,20). The summed E-state index contributed by atoms with van der Waals surface area (Å²) in [5, 5.41) is 2.92. The van der Waals surface area contributed by atoms with Crippen molar-refractivity contribution < 1.29 is 9.53 Å². The quantitative estimate of drug-likeness (QED) is 0.818. The molecule has 1 heterocycles. The Bertz CT molecular complexity index is 490. The molecule has 1 amide bonds. The molecule has 3 N–H and O–H groups in total. The monoisotopic (exact) mass is 291 g/mol. The second kappa shape index (κ2) is 7.31. The number of hydrogen-bond acceptors (Lipinski definition) is 4. The van der Waals surface area contributed by atoms with Gasteiger partial charge in [-0.05, 0) is 37.9 Å². The Labute approximate surface area is 126 Å². The maximum Gasteiger partial charge on any atom is 0.238 e. The van der Waals surface area contributed by atoms with Crippen LogP contribution in [0.4, 0.5) is 11.4 Å². The Hall–Kier alpha value is -1.75. The first-order valence-corrected chi connectivity index (χ1v) is 7.61. The maximum absolute atomic E-state index is 12.3. The van der Waals surface area contributed by atoms with E-state index in [-0.39, 0.29) is 5.91 Å². The molecular formula is C16H25N3O2. The zero-order chi connectivity index (χ0) is 15.2. The third kappa shape index (κ3) is 4.11. The first-order valence-electron chi connectivity index (χ1n) is 7.61. The van der Waals surface area contributed by atoms with Crippen molar-refractivity contribution in [3.05, 3.63) is 18.2 Å². The minimum Gasteiger partial charge on any atom is -0.494 e. The number of amides is 1. The van der Waals surface area contributed by atoms with Crippen molar-refractivity contribution in [2.45, 2.75) is 38.6 Å². The average Bonchev–Trinajstić information content (AvgIpc) is 2.49. The number of carbonyl (C=O) groups excluding carboxylic acids is 1. The van der Waals surface area contributed by atoms with Crippen molar-refractivity contribution in [2.75, 3.05) is 31.2 Å². The van der Waals surface area contributed by atoms with E-state index in [1.165, 1.54) is 19.3 Å². The van der Waals surface area contributed by atoms with Crippen LogP contribution in [0.5, 0.6) is 5.75 Å². The smallest absolute Gasteiger partial charge is 0.238 e. The first kappa shape index (κ1) is 15.6. The molecule has 0 aliphatic carbocycles. The number of ether oxygens (including phenoxy) is 1. The minimum atomic E-state index is -0.00146. The molecule has 0 bridgehead atoms. The molecule has 1 aromatic carbocycles. The SMILES string of the molecule is CCC1CCCCN1CC(=O)Nc1ccc(N)cc1OC. The maximum atomic E-state index is 12.3. The summed E-state index contributed by atoms with van der Waals surface area (Å²) in [4.78, 5) is 14.5. The molecule has 1 unspecified atom stereocenters. The van der Waals surface area contributed by atoms with Gasteiger partial charge in [0.15, 0.2) is 0 Å². The van der Waals surface area contributed by atoms with Crippen molar-refractivity contribution >= 4 is 17.3 Å². The number of likely N-dealkylation sites (tertiary alicyclic amines) is 1. The van der Waals surface area contributed by atoms with Crippen LogP contribution in [-0.4, -0.2) is 37.0 Å². The van der Waals surface area contributed by atoms with E-state index in [9.17, 15) is 4.79 Å². The molecule has 5 nitrogen and oxygen atoms in total. The van der Waals surface area contributed by atoms with E-state index in [1.807, 2.05) is 0 Å². The second-order valence-electron chi connectivity index (χ2n) is 5.54. The molecule has 21 heavy (non-hydrogen) atoms. The van der Waals surface area contributed by atoms with Crippen LogP contribution >= 0.6 is 0 Å². The van der Waals surface area contributed by atoms with Gasteiger partial charge in [0.05, 0.1) is 19.3 Å². The number of methoxy groups -OCH3 is 1. The third-order valence-corrected chi connectivity index (χ3v) is 4.07. The van der Waals surface area contributed by atoms with E-state index in [0.29, 0.717) is 29.7 Å². The van der Waals surface area contributed by atoms with Gasteiger partial charge in [0.2, 0.25) is 5.91 Å². The van der Waals surface area contributed by atoms with Crippen molar-refractivity contribution in [3.8, 4) is 5.75 Å². The number of nitrogen functional groups attached to an aromatic ring is 1. The highest BCUT2D eigenvalue weighted by atomic mass is 16.5. The van der Waals surface area contributed by atoms with Crippen LogP contribution in [0.3, 0.4) is 0 Å². The van der Waals surface area contributed by atoms with Gasteiger partial charge in [0.25, 0.3) is 0 Å². The largest absolute Gasteiger partial charge is 0.494 e. The highest BCUT2D eigenvalue weighted by Crippen LogP contribution is 2.27. The third-order valence-electron chi connectivity index (χ3n) is 4.07. The minimum absolute atomic E-state index is 0.00146. The summed E-state index contributed by atoms with van der Waals surface area (Å²) in [6.07, 6.45) is 4.73. The van der Waals surface area contributed by atoms with Gasteiger partial charge in [-0.3, -0.25) is 9.69 Å². The number of carbonyl (C=O) groups is 1. The van der Waals surface area contributed by atoms with Crippen LogP contribution in [0.2, 0.25) is 0 Å². The molecular weight excluding hydrogens is 266 g/mol. The van der Waals surface area contributed by atoms with Crippen molar-refractivity contribution in [3.63, 3.8) is 0 Å². The van der Waals surface area contributed by atoms with Gasteiger partial charge in [-0.25, -0.2) is 0 Å². The Balaban J connectivity index is 1.98. The molecule has 0 radical (unpaired) electrons. The molecule has 1 saturated heterocycles. The average molecular weight is 291 g/mol. The lowest BCUT2D eigenvalue weighted by Gasteiger charge is -2.34. The van der Waals surface area contributed by atoms with Crippen molar-refractivity contribution in [1.29, 1.82) is 0 Å². The molecule has 1 aromatic rings. The first-order chi connectivity index (χ1) is 10.1. The van der Waals surface area contributed by atoms with Crippen LogP contribution < -0.4 is 15.8 Å². The number of benzene rings is 1. The number of nitrogens with two attached hydrogens (primary N) is 1. The van der Waals surface area contributed by atoms with Gasteiger partial charge in [-0.2, -0.15) is 0 Å². The highest BCUT2D eigenvalue weighted by Gasteiger charge is 2.23. The molecule has 1 fully saturated rings. The van der Waals surface area contributed by atoms with E-state index in [2.05, 4.69) is 17.1 Å². The molecule has 1 aliphatic heterocycles. The number of piperidine rings is 1. The van der Waals surface area contributed by atoms with Crippen molar-refractivity contribution in [1.82, 2.24) is 4.90 Å². The molecule has 1 atom stereocenters. The normalized spacial score (nSPS) is 19.2. The van der Waals surface area contributed by atoms with E-state index in [0.717, 1.165) is 13.0 Å². The topological polar surface area (TPSA) is 67.6 Å². The summed E-state index contributed by atoms with van der Waals surface area (Å²) in [6, 6.07) is 5.77. The fraction of sp³-hybridized carbons (Fsp3) is 0.562. The van der Waals surface area contributed by atoms with Crippen molar-refractivity contribution in [2.24, 2.45) is 0 Å². The predicted molar refractivity (Wildman–Crippen MR) is 85.5 cm³/mol. The summed E-state index contributed by atoms with van der Waals surface area (Å²) >= 11 is 0. The lowest BCUT2D eigenvalue weighted by atomic mass is 10.00. The van der Waals surface area contributed by atoms with Crippen LogP contribution in [-0.2, 0) is 4.79 Å². The van der Waals surface area contributed by atoms with Gasteiger partial charge >= 0.3 is 0 Å². The van der Waals surface area contributed by atoms with Crippen LogP contribution in [0.25, 0.3) is 0 Å². The van der Waals surface area contributed by atoms with Gasteiger partial charge in [-0.15, -0.1) is 0 Å². The van der Waals surface area contributed by atoms with Crippen LogP contribution in [0.15, 0.2) is 18.2 Å². The highest BCUT2D eigenvalue weighted by molar-refractivity contribution is 5.94. The van der Waals surface area contributed by atoms with E-state index in [4.69, 9.17) is 10.5 Å². The fourth-order valence-electron chi connectivity index (χ4n) is 2.92. The fourth-order valence-corrected chi connectivity index (χ4v) is 2.92. The van der Waals surface area contributed by atoms with Gasteiger partial charge in [-0.1, -0.05) is 13.3 Å². The second-order valence-corrected chi connectivity index (χ2v) is 5.54. The molecule has 0 spiro atoms. The molecule has 2 rings (SSSR count). The van der Waals surface area contributed by atoms with E-state index in [1.54, 1.807) is 25.3 Å². The zero-order valence-corrected chi connectivity index (χ0v) is 12.9. The molecule has 0 aromatic heterocycles. The summed E-state index contributed by atoms with van der Waals surface area (Å²) in [5.74, 6) is 0.590. The molecule has 5 heteroatoms. The molecule has 116 valence electrons. The lowest BCUT2D eigenvalue weighted by molar-refractivity contribution is -0.118. The van der Waals surface area contributed by atoms with Crippen LogP contribution in [0.1, 0.15) is 32.6 Å². The summed E-state index contributed by atoms with van der Waals surface area (Å²) in [7, 11) is 1.57. The number of hydrogen-bond donors (Lipinski definition) is 2. The summed E-state index contributed by atoms with van der Waals surface area (Å²) < 4.78 is 5.25. The van der Waals surface area contributed by atoms with Gasteiger partial charge in [0, 0.05) is 17.8 Å². The van der Waals surface area contributed by atoms with Gasteiger partial charge < -0.3 is 15.8 Å².